The lowest BCUT2D eigenvalue weighted by Gasteiger charge is -2.17. The molecule has 0 aliphatic heterocycles. The van der Waals surface area contributed by atoms with Crippen LogP contribution in [0.5, 0.6) is 0 Å². The quantitative estimate of drug-likeness (QED) is 0.583. The third kappa shape index (κ3) is 7.06. The van der Waals surface area contributed by atoms with Crippen molar-refractivity contribution in [2.75, 3.05) is 0 Å². The zero-order valence-electron chi connectivity index (χ0n) is 14.2. The fourth-order valence-corrected chi connectivity index (χ4v) is 2.32. The van der Waals surface area contributed by atoms with Gasteiger partial charge in [-0.2, -0.15) is 0 Å². The van der Waals surface area contributed by atoms with Gasteiger partial charge in [-0.15, -0.1) is 5.10 Å². The molecule has 1 aromatic rings. The number of aryl methyl sites for hydroxylation is 1. The van der Waals surface area contributed by atoms with Crippen molar-refractivity contribution in [3.8, 4) is 0 Å². The van der Waals surface area contributed by atoms with E-state index >= 15 is 0 Å². The molecule has 0 N–H and O–H groups in total. The Balaban J connectivity index is 2.08. The minimum Gasteiger partial charge on any atom is -0.252 e. The van der Waals surface area contributed by atoms with Crippen LogP contribution in [0.25, 0.3) is 0 Å². The van der Waals surface area contributed by atoms with Gasteiger partial charge in [-0.25, -0.2) is 0 Å². The predicted octanol–water partition coefficient (Wildman–Crippen LogP) is 5.18. The lowest BCUT2D eigenvalue weighted by Crippen LogP contribution is -2.04. The molecule has 20 heavy (non-hydrogen) atoms. The van der Waals surface area contributed by atoms with Crippen LogP contribution in [-0.2, 0) is 6.54 Å². The Morgan fingerprint density at radius 3 is 2.40 bits per heavy atom. The molecule has 1 rings (SSSR count). The van der Waals surface area contributed by atoms with Crippen LogP contribution in [0.2, 0.25) is 0 Å². The first-order valence-corrected chi connectivity index (χ1v) is 8.32. The van der Waals surface area contributed by atoms with E-state index in [1.54, 1.807) is 0 Å². The molecule has 3 nitrogen and oxygen atoms in total. The first-order valence-electron chi connectivity index (χ1n) is 8.32. The molecule has 0 fully saturated rings. The number of hydrogen-bond acceptors (Lipinski definition) is 2. The van der Waals surface area contributed by atoms with E-state index in [-0.39, 0.29) is 0 Å². The van der Waals surface area contributed by atoms with E-state index in [2.05, 4.69) is 51.1 Å². The number of unbranched alkanes of at least 4 members (excludes halogenated alkanes) is 4. The molecular formula is C17H33N3. The van der Waals surface area contributed by atoms with Crippen LogP contribution < -0.4 is 0 Å². The molecule has 0 saturated carbocycles. The van der Waals surface area contributed by atoms with Crippen LogP contribution in [0.15, 0.2) is 6.20 Å². The van der Waals surface area contributed by atoms with Crippen LogP contribution >= 0.6 is 0 Å². The summed E-state index contributed by atoms with van der Waals surface area (Å²) in [5, 5.41) is 8.47. The molecule has 3 heteroatoms. The van der Waals surface area contributed by atoms with Gasteiger partial charge in [0.05, 0.1) is 5.69 Å². The number of rotatable bonds is 9. The van der Waals surface area contributed by atoms with Gasteiger partial charge in [-0.1, -0.05) is 65.5 Å². The Morgan fingerprint density at radius 1 is 1.10 bits per heavy atom. The van der Waals surface area contributed by atoms with Gasteiger partial charge in [0.2, 0.25) is 0 Å². The Morgan fingerprint density at radius 2 is 1.75 bits per heavy atom. The van der Waals surface area contributed by atoms with E-state index in [1.807, 2.05) is 4.68 Å². The third-order valence-electron chi connectivity index (χ3n) is 3.99. The van der Waals surface area contributed by atoms with Crippen molar-refractivity contribution in [1.29, 1.82) is 0 Å². The van der Waals surface area contributed by atoms with Gasteiger partial charge >= 0.3 is 0 Å². The van der Waals surface area contributed by atoms with E-state index in [0.717, 1.165) is 18.7 Å². The summed E-state index contributed by atoms with van der Waals surface area (Å²) >= 11 is 0. The van der Waals surface area contributed by atoms with Gasteiger partial charge in [0, 0.05) is 18.7 Å². The highest BCUT2D eigenvalue weighted by Gasteiger charge is 2.09. The highest BCUT2D eigenvalue weighted by atomic mass is 15.4. The Hall–Kier alpha value is -0.860. The molecule has 0 saturated heterocycles. The topological polar surface area (TPSA) is 30.7 Å². The molecule has 0 aromatic carbocycles. The van der Waals surface area contributed by atoms with E-state index in [0.29, 0.717) is 11.3 Å². The molecule has 1 aromatic heterocycles. The molecule has 0 radical (unpaired) electrons. The van der Waals surface area contributed by atoms with Crippen LogP contribution in [0.1, 0.15) is 91.2 Å². The summed E-state index contributed by atoms with van der Waals surface area (Å²) < 4.78 is 2.01. The van der Waals surface area contributed by atoms with Crippen molar-refractivity contribution >= 4 is 0 Å². The van der Waals surface area contributed by atoms with Crippen molar-refractivity contribution in [2.45, 2.75) is 92.0 Å². The van der Waals surface area contributed by atoms with Crippen molar-refractivity contribution in [1.82, 2.24) is 15.0 Å². The SMILES string of the molecule is CCC(C)c1cn(CCCCCCCC(C)(C)C)nn1. The predicted molar refractivity (Wildman–Crippen MR) is 85.9 cm³/mol. The van der Waals surface area contributed by atoms with Crippen molar-refractivity contribution in [2.24, 2.45) is 5.41 Å². The molecule has 0 aliphatic carbocycles. The summed E-state index contributed by atoms with van der Waals surface area (Å²) in [5.74, 6) is 0.529. The molecule has 116 valence electrons. The molecule has 0 bridgehead atoms. The zero-order chi connectivity index (χ0) is 15.0. The van der Waals surface area contributed by atoms with Crippen LogP contribution in [0.3, 0.4) is 0 Å². The normalized spacial score (nSPS) is 13.7. The molecule has 0 aliphatic rings. The third-order valence-corrected chi connectivity index (χ3v) is 3.99. The lowest BCUT2D eigenvalue weighted by molar-refractivity contribution is 0.356. The maximum absolute atomic E-state index is 4.26. The van der Waals surface area contributed by atoms with E-state index in [4.69, 9.17) is 0 Å². The summed E-state index contributed by atoms with van der Waals surface area (Å²) in [7, 11) is 0. The fraction of sp³-hybridized carbons (Fsp3) is 0.882. The van der Waals surface area contributed by atoms with Gasteiger partial charge < -0.3 is 0 Å². The maximum Gasteiger partial charge on any atom is 0.0855 e. The largest absolute Gasteiger partial charge is 0.252 e. The van der Waals surface area contributed by atoms with Crippen molar-refractivity contribution in [3.05, 3.63) is 11.9 Å². The standard InChI is InChI=1S/C17H33N3/c1-6-15(2)16-14-20(19-18-16)13-11-9-7-8-10-12-17(3,4)5/h14-15H,6-13H2,1-5H3. The summed E-state index contributed by atoms with van der Waals surface area (Å²) in [6.45, 7) is 12.4. The van der Waals surface area contributed by atoms with Crippen LogP contribution in [0.4, 0.5) is 0 Å². The second-order valence-electron chi connectivity index (χ2n) is 7.29. The Bertz CT molecular complexity index is 363. The lowest BCUT2D eigenvalue weighted by atomic mass is 9.89. The van der Waals surface area contributed by atoms with Gasteiger partial charge in [0.25, 0.3) is 0 Å². The molecule has 0 amide bonds. The average Bonchev–Trinajstić information content (AvgIpc) is 2.84. The smallest absolute Gasteiger partial charge is 0.0855 e. The molecule has 1 heterocycles. The zero-order valence-corrected chi connectivity index (χ0v) is 14.2. The molecule has 1 atom stereocenters. The second kappa shape index (κ2) is 8.43. The second-order valence-corrected chi connectivity index (χ2v) is 7.29. The summed E-state index contributed by atoms with van der Waals surface area (Å²) in [4.78, 5) is 0. The summed E-state index contributed by atoms with van der Waals surface area (Å²) in [6, 6.07) is 0. The number of nitrogens with zero attached hydrogens (tertiary/aromatic N) is 3. The minimum absolute atomic E-state index is 0.493. The summed E-state index contributed by atoms with van der Waals surface area (Å²) in [5.41, 5.74) is 1.63. The van der Waals surface area contributed by atoms with Gasteiger partial charge in [0.1, 0.15) is 0 Å². The molecule has 0 spiro atoms. The van der Waals surface area contributed by atoms with E-state index in [9.17, 15) is 0 Å². The Kier molecular flexibility index (Phi) is 7.25. The van der Waals surface area contributed by atoms with Crippen molar-refractivity contribution < 1.29 is 0 Å². The van der Waals surface area contributed by atoms with Crippen LogP contribution in [0, 0.1) is 5.41 Å². The number of aromatic nitrogens is 3. The molecular weight excluding hydrogens is 246 g/mol. The van der Waals surface area contributed by atoms with Gasteiger partial charge in [-0.05, 0) is 24.7 Å². The van der Waals surface area contributed by atoms with Crippen LogP contribution in [-0.4, -0.2) is 15.0 Å². The monoisotopic (exact) mass is 279 g/mol. The average molecular weight is 279 g/mol. The maximum atomic E-state index is 4.26. The first-order chi connectivity index (χ1) is 9.42. The van der Waals surface area contributed by atoms with Gasteiger partial charge in [0.15, 0.2) is 0 Å². The van der Waals surface area contributed by atoms with Crippen molar-refractivity contribution in [3.63, 3.8) is 0 Å². The first kappa shape index (κ1) is 17.2. The highest BCUT2D eigenvalue weighted by Crippen LogP contribution is 2.22. The molecule has 1 unspecified atom stereocenters. The van der Waals surface area contributed by atoms with E-state index in [1.165, 1.54) is 38.5 Å². The van der Waals surface area contributed by atoms with E-state index < -0.39 is 0 Å². The minimum atomic E-state index is 0.493. The highest BCUT2D eigenvalue weighted by molar-refractivity contribution is 4.99. The Labute approximate surface area is 125 Å². The number of hydrogen-bond donors (Lipinski definition) is 0. The summed E-state index contributed by atoms with van der Waals surface area (Å²) in [6.07, 6.45) is 11.2. The van der Waals surface area contributed by atoms with Gasteiger partial charge in [-0.3, -0.25) is 4.68 Å². The fourth-order valence-electron chi connectivity index (χ4n) is 2.32.